The molecule has 2 aromatic rings. The zero-order valence-corrected chi connectivity index (χ0v) is 15.5. The third-order valence-corrected chi connectivity index (χ3v) is 5.13. The number of likely N-dealkylation sites (tertiary alicyclic amines) is 1. The number of nitrogens with zero attached hydrogens (tertiary/aromatic N) is 3. The van der Waals surface area contributed by atoms with E-state index in [2.05, 4.69) is 40.8 Å². The van der Waals surface area contributed by atoms with Crippen molar-refractivity contribution in [1.29, 1.82) is 0 Å². The topological polar surface area (TPSA) is 50.2 Å². The molecule has 0 unspecified atom stereocenters. The van der Waals surface area contributed by atoms with Gasteiger partial charge in [-0.25, -0.2) is 0 Å². The summed E-state index contributed by atoms with van der Waals surface area (Å²) in [6.07, 6.45) is 2.02. The standard InChI is InChI=1S/C20H28N4O/c1-4-24-16(3)19(15(2)22-24)14-23-12-8-9-17(13-23)20(25)21-18-10-6-5-7-11-18/h5-7,10-11,17H,4,8-9,12-14H2,1-3H3,(H,21,25)/t17-/m1/s1. The molecule has 25 heavy (non-hydrogen) atoms. The lowest BCUT2D eigenvalue weighted by atomic mass is 9.96. The second-order valence-electron chi connectivity index (χ2n) is 6.89. The number of carbonyl (C=O) groups excluding carboxylic acids is 1. The maximum absolute atomic E-state index is 12.6. The Labute approximate surface area is 150 Å². The number of hydrogen-bond acceptors (Lipinski definition) is 3. The maximum Gasteiger partial charge on any atom is 0.228 e. The van der Waals surface area contributed by atoms with Crippen LogP contribution in [0.2, 0.25) is 0 Å². The molecule has 1 saturated heterocycles. The smallest absolute Gasteiger partial charge is 0.228 e. The van der Waals surface area contributed by atoms with E-state index in [1.54, 1.807) is 0 Å². The van der Waals surface area contributed by atoms with E-state index in [0.29, 0.717) is 0 Å². The molecule has 134 valence electrons. The zero-order valence-electron chi connectivity index (χ0n) is 15.5. The fraction of sp³-hybridized carbons (Fsp3) is 0.500. The molecule has 1 aliphatic heterocycles. The van der Waals surface area contributed by atoms with Crippen LogP contribution in [0.1, 0.15) is 36.7 Å². The number of carbonyl (C=O) groups is 1. The molecule has 0 saturated carbocycles. The van der Waals surface area contributed by atoms with E-state index in [9.17, 15) is 4.79 Å². The Kier molecular flexibility index (Phi) is 5.53. The largest absolute Gasteiger partial charge is 0.326 e. The Hall–Kier alpha value is -2.14. The molecular weight excluding hydrogens is 312 g/mol. The summed E-state index contributed by atoms with van der Waals surface area (Å²) >= 11 is 0. The zero-order chi connectivity index (χ0) is 17.8. The summed E-state index contributed by atoms with van der Waals surface area (Å²) in [7, 11) is 0. The summed E-state index contributed by atoms with van der Waals surface area (Å²) in [5.74, 6) is 0.185. The summed E-state index contributed by atoms with van der Waals surface area (Å²) in [5.41, 5.74) is 4.54. The molecule has 1 amide bonds. The fourth-order valence-electron chi connectivity index (χ4n) is 3.67. The van der Waals surface area contributed by atoms with Gasteiger partial charge in [0.15, 0.2) is 0 Å². The third-order valence-electron chi connectivity index (χ3n) is 5.13. The van der Waals surface area contributed by atoms with Crippen LogP contribution in [0.25, 0.3) is 0 Å². The highest BCUT2D eigenvalue weighted by molar-refractivity contribution is 5.92. The predicted octanol–water partition coefficient (Wildman–Crippen LogP) is 3.37. The van der Waals surface area contributed by atoms with Gasteiger partial charge in [0.25, 0.3) is 0 Å². The van der Waals surface area contributed by atoms with Crippen molar-refractivity contribution in [2.45, 2.75) is 46.7 Å². The highest BCUT2D eigenvalue weighted by Gasteiger charge is 2.27. The summed E-state index contributed by atoms with van der Waals surface area (Å²) in [4.78, 5) is 15.0. The van der Waals surface area contributed by atoms with Gasteiger partial charge in [-0.2, -0.15) is 5.10 Å². The summed E-state index contributed by atoms with van der Waals surface area (Å²) < 4.78 is 2.06. The highest BCUT2D eigenvalue weighted by atomic mass is 16.1. The van der Waals surface area contributed by atoms with Crippen LogP contribution in [0.5, 0.6) is 0 Å². The summed E-state index contributed by atoms with van der Waals surface area (Å²) in [5, 5.41) is 7.66. The normalized spacial score (nSPS) is 18.3. The first-order chi connectivity index (χ1) is 12.1. The Morgan fingerprint density at radius 1 is 1.28 bits per heavy atom. The predicted molar refractivity (Wildman–Crippen MR) is 100 cm³/mol. The highest BCUT2D eigenvalue weighted by Crippen LogP contribution is 2.23. The van der Waals surface area contributed by atoms with Crippen molar-refractivity contribution in [3.05, 3.63) is 47.3 Å². The van der Waals surface area contributed by atoms with Crippen molar-refractivity contribution in [2.24, 2.45) is 5.92 Å². The average molecular weight is 340 g/mol. The van der Waals surface area contributed by atoms with Crippen LogP contribution >= 0.6 is 0 Å². The molecule has 0 aliphatic carbocycles. The second kappa shape index (κ2) is 7.83. The summed E-state index contributed by atoms with van der Waals surface area (Å²) in [6.45, 7) is 9.98. The molecule has 1 N–H and O–H groups in total. The number of hydrogen-bond donors (Lipinski definition) is 1. The molecule has 1 fully saturated rings. The van der Waals surface area contributed by atoms with Crippen molar-refractivity contribution in [2.75, 3.05) is 18.4 Å². The van der Waals surface area contributed by atoms with Crippen molar-refractivity contribution < 1.29 is 4.79 Å². The van der Waals surface area contributed by atoms with Crippen LogP contribution < -0.4 is 5.32 Å². The first-order valence-electron chi connectivity index (χ1n) is 9.19. The fourth-order valence-corrected chi connectivity index (χ4v) is 3.67. The van der Waals surface area contributed by atoms with Crippen molar-refractivity contribution in [1.82, 2.24) is 14.7 Å². The monoisotopic (exact) mass is 340 g/mol. The first-order valence-corrected chi connectivity index (χ1v) is 9.19. The van der Waals surface area contributed by atoms with Gasteiger partial charge in [0.1, 0.15) is 0 Å². The van der Waals surface area contributed by atoms with Crippen LogP contribution in [-0.2, 0) is 17.9 Å². The minimum Gasteiger partial charge on any atom is -0.326 e. The molecule has 1 aromatic heterocycles. The Morgan fingerprint density at radius 2 is 2.04 bits per heavy atom. The van der Waals surface area contributed by atoms with Gasteiger partial charge >= 0.3 is 0 Å². The number of amides is 1. The van der Waals surface area contributed by atoms with Crippen LogP contribution in [0, 0.1) is 19.8 Å². The number of para-hydroxylation sites is 1. The molecule has 3 rings (SSSR count). The Balaban J connectivity index is 1.63. The molecule has 1 aliphatic rings. The molecule has 0 bridgehead atoms. The van der Waals surface area contributed by atoms with Gasteiger partial charge in [0.05, 0.1) is 11.6 Å². The van der Waals surface area contributed by atoms with Crippen LogP contribution in [0.15, 0.2) is 30.3 Å². The first kappa shape index (κ1) is 17.7. The number of aromatic nitrogens is 2. The number of rotatable bonds is 5. The molecule has 0 radical (unpaired) electrons. The lowest BCUT2D eigenvalue weighted by Crippen LogP contribution is -2.40. The van der Waals surface area contributed by atoms with E-state index < -0.39 is 0 Å². The number of anilines is 1. The van der Waals surface area contributed by atoms with Crippen molar-refractivity contribution >= 4 is 11.6 Å². The lowest BCUT2D eigenvalue weighted by molar-refractivity contribution is -0.121. The maximum atomic E-state index is 12.6. The van der Waals surface area contributed by atoms with Gasteiger partial charge in [0, 0.05) is 36.6 Å². The van der Waals surface area contributed by atoms with E-state index in [1.165, 1.54) is 11.3 Å². The van der Waals surface area contributed by atoms with E-state index in [0.717, 1.165) is 50.4 Å². The number of nitrogens with one attached hydrogen (secondary N) is 1. The molecular formula is C20H28N4O. The van der Waals surface area contributed by atoms with E-state index in [1.807, 2.05) is 30.3 Å². The average Bonchev–Trinajstić information content (AvgIpc) is 2.90. The Morgan fingerprint density at radius 3 is 2.72 bits per heavy atom. The summed E-state index contributed by atoms with van der Waals surface area (Å²) in [6, 6.07) is 9.72. The minimum absolute atomic E-state index is 0.0517. The second-order valence-corrected chi connectivity index (χ2v) is 6.89. The van der Waals surface area contributed by atoms with Crippen LogP contribution in [0.4, 0.5) is 5.69 Å². The van der Waals surface area contributed by atoms with Gasteiger partial charge in [-0.1, -0.05) is 18.2 Å². The molecule has 0 spiro atoms. The van der Waals surface area contributed by atoms with Crippen molar-refractivity contribution in [3.8, 4) is 0 Å². The van der Waals surface area contributed by atoms with Crippen LogP contribution in [0.3, 0.4) is 0 Å². The Bertz CT molecular complexity index is 723. The molecule has 2 heterocycles. The molecule has 5 heteroatoms. The minimum atomic E-state index is 0.0517. The van der Waals surface area contributed by atoms with Crippen LogP contribution in [-0.4, -0.2) is 33.7 Å². The number of benzene rings is 1. The quantitative estimate of drug-likeness (QED) is 0.908. The van der Waals surface area contributed by atoms with E-state index >= 15 is 0 Å². The van der Waals surface area contributed by atoms with Crippen molar-refractivity contribution in [3.63, 3.8) is 0 Å². The van der Waals surface area contributed by atoms with Gasteiger partial charge in [0.2, 0.25) is 5.91 Å². The van der Waals surface area contributed by atoms with Gasteiger partial charge < -0.3 is 5.32 Å². The van der Waals surface area contributed by atoms with Gasteiger partial charge in [-0.15, -0.1) is 0 Å². The van der Waals surface area contributed by atoms with E-state index in [4.69, 9.17) is 0 Å². The SMILES string of the molecule is CCn1nc(C)c(CN2CCC[C@@H](C(=O)Nc3ccccc3)C2)c1C. The number of piperidine rings is 1. The van der Waals surface area contributed by atoms with Gasteiger partial charge in [-0.3, -0.25) is 14.4 Å². The van der Waals surface area contributed by atoms with E-state index in [-0.39, 0.29) is 11.8 Å². The third kappa shape index (κ3) is 4.10. The molecule has 1 aromatic carbocycles. The number of aryl methyl sites for hydroxylation is 2. The lowest BCUT2D eigenvalue weighted by Gasteiger charge is -2.32. The molecule has 5 nitrogen and oxygen atoms in total. The molecule has 1 atom stereocenters. The van der Waals surface area contributed by atoms with Gasteiger partial charge in [-0.05, 0) is 52.3 Å².